The van der Waals surface area contributed by atoms with E-state index >= 15 is 0 Å². The molecule has 3 nitrogen and oxygen atoms in total. The zero-order valence-corrected chi connectivity index (χ0v) is 8.60. The molecule has 1 aliphatic rings. The maximum atomic E-state index is 11.4. The molecule has 1 aromatic rings. The molecule has 0 atom stereocenters. The van der Waals surface area contributed by atoms with Gasteiger partial charge in [0.25, 0.3) is 0 Å². The first-order valence-corrected chi connectivity index (χ1v) is 5.28. The summed E-state index contributed by atoms with van der Waals surface area (Å²) in [7, 11) is 1.38. The van der Waals surface area contributed by atoms with Gasteiger partial charge in [-0.2, -0.15) is 0 Å². The molecule has 1 aliphatic heterocycles. The molecule has 0 N–H and O–H groups in total. The van der Waals surface area contributed by atoms with Crippen LogP contribution in [0.5, 0.6) is 5.75 Å². The summed E-state index contributed by atoms with van der Waals surface area (Å²) < 4.78 is 10.1. The Morgan fingerprint density at radius 1 is 1.57 bits per heavy atom. The number of thioether (sulfide) groups is 1. The number of ether oxygens (including phenoxy) is 2. The van der Waals surface area contributed by atoms with Crippen molar-refractivity contribution < 1.29 is 14.3 Å². The molecule has 0 spiro atoms. The molecular formula is C10H10O3S. The van der Waals surface area contributed by atoms with Crippen molar-refractivity contribution in [3.05, 3.63) is 23.8 Å². The van der Waals surface area contributed by atoms with Crippen LogP contribution < -0.4 is 4.74 Å². The second-order valence-electron chi connectivity index (χ2n) is 2.82. The van der Waals surface area contributed by atoms with Gasteiger partial charge in [-0.25, -0.2) is 4.79 Å². The summed E-state index contributed by atoms with van der Waals surface area (Å²) in [5.41, 5.74) is 0.592. The van der Waals surface area contributed by atoms with Crippen molar-refractivity contribution >= 4 is 17.7 Å². The normalized spacial score (nSPS) is 14.1. The van der Waals surface area contributed by atoms with E-state index in [1.807, 2.05) is 6.07 Å². The minimum atomic E-state index is -0.306. The Morgan fingerprint density at radius 2 is 2.43 bits per heavy atom. The second kappa shape index (κ2) is 3.92. The van der Waals surface area contributed by atoms with Crippen molar-refractivity contribution in [2.75, 3.05) is 19.5 Å². The topological polar surface area (TPSA) is 35.5 Å². The number of esters is 1. The molecule has 1 aromatic carbocycles. The molecule has 0 unspecified atom stereocenters. The van der Waals surface area contributed by atoms with Crippen LogP contribution in [0.15, 0.2) is 23.1 Å². The summed E-state index contributed by atoms with van der Waals surface area (Å²) in [6.07, 6.45) is 0. The SMILES string of the molecule is COC(=O)c1cccc2c1SCCO2. The van der Waals surface area contributed by atoms with E-state index in [4.69, 9.17) is 9.47 Å². The van der Waals surface area contributed by atoms with E-state index < -0.39 is 0 Å². The molecule has 0 amide bonds. The third kappa shape index (κ3) is 1.57. The molecule has 74 valence electrons. The van der Waals surface area contributed by atoms with Crippen molar-refractivity contribution in [1.29, 1.82) is 0 Å². The molecule has 0 bridgehead atoms. The first-order chi connectivity index (χ1) is 6.83. The highest BCUT2D eigenvalue weighted by Crippen LogP contribution is 2.36. The van der Waals surface area contributed by atoms with E-state index in [2.05, 4.69) is 0 Å². The number of fused-ring (bicyclic) bond motifs is 1. The van der Waals surface area contributed by atoms with Gasteiger partial charge in [0.1, 0.15) is 5.75 Å². The quantitative estimate of drug-likeness (QED) is 0.664. The van der Waals surface area contributed by atoms with Crippen LogP contribution in [-0.2, 0) is 4.74 Å². The minimum Gasteiger partial charge on any atom is -0.492 e. The fraction of sp³-hybridized carbons (Fsp3) is 0.300. The van der Waals surface area contributed by atoms with Crippen molar-refractivity contribution in [3.63, 3.8) is 0 Å². The van der Waals surface area contributed by atoms with E-state index in [0.29, 0.717) is 12.2 Å². The van der Waals surface area contributed by atoms with Crippen molar-refractivity contribution in [1.82, 2.24) is 0 Å². The van der Waals surface area contributed by atoms with Gasteiger partial charge in [0, 0.05) is 5.75 Å². The molecular weight excluding hydrogens is 200 g/mol. The Kier molecular flexibility index (Phi) is 2.63. The number of rotatable bonds is 1. The third-order valence-electron chi connectivity index (χ3n) is 1.97. The molecule has 0 radical (unpaired) electrons. The highest BCUT2D eigenvalue weighted by atomic mass is 32.2. The molecule has 4 heteroatoms. The maximum Gasteiger partial charge on any atom is 0.339 e. The van der Waals surface area contributed by atoms with Gasteiger partial charge in [-0.1, -0.05) is 6.07 Å². The van der Waals surface area contributed by atoms with Crippen LogP contribution in [0, 0.1) is 0 Å². The van der Waals surface area contributed by atoms with Gasteiger partial charge in [-0.3, -0.25) is 0 Å². The average Bonchev–Trinajstić information content (AvgIpc) is 2.27. The largest absolute Gasteiger partial charge is 0.492 e. The molecule has 0 fully saturated rings. The van der Waals surface area contributed by atoms with Gasteiger partial charge in [-0.15, -0.1) is 11.8 Å². The van der Waals surface area contributed by atoms with Crippen LogP contribution in [0.1, 0.15) is 10.4 Å². The Balaban J connectivity index is 2.45. The second-order valence-corrected chi connectivity index (χ2v) is 3.93. The summed E-state index contributed by atoms with van der Waals surface area (Å²) in [6.45, 7) is 0.697. The van der Waals surface area contributed by atoms with Crippen LogP contribution >= 0.6 is 11.8 Å². The fourth-order valence-electron chi connectivity index (χ4n) is 1.34. The van der Waals surface area contributed by atoms with E-state index in [1.54, 1.807) is 23.9 Å². The summed E-state index contributed by atoms with van der Waals surface area (Å²) >= 11 is 1.63. The number of hydrogen-bond acceptors (Lipinski definition) is 4. The lowest BCUT2D eigenvalue weighted by molar-refractivity contribution is 0.0595. The van der Waals surface area contributed by atoms with Crippen LogP contribution in [0.4, 0.5) is 0 Å². The Bertz CT molecular complexity index is 362. The number of carbonyl (C=O) groups is 1. The predicted octanol–water partition coefficient (Wildman–Crippen LogP) is 1.96. The lowest BCUT2D eigenvalue weighted by Crippen LogP contribution is -2.11. The molecule has 2 rings (SSSR count). The number of carbonyl (C=O) groups excluding carboxylic acids is 1. The lowest BCUT2D eigenvalue weighted by atomic mass is 10.2. The molecule has 0 saturated carbocycles. The van der Waals surface area contributed by atoms with Gasteiger partial charge in [0.15, 0.2) is 0 Å². The standard InChI is InChI=1S/C10H10O3S/c1-12-10(11)7-3-2-4-8-9(7)14-6-5-13-8/h2-4H,5-6H2,1H3. The fourth-order valence-corrected chi connectivity index (χ4v) is 2.29. The number of benzene rings is 1. The zero-order valence-electron chi connectivity index (χ0n) is 7.78. The monoisotopic (exact) mass is 210 g/mol. The molecule has 14 heavy (non-hydrogen) atoms. The van der Waals surface area contributed by atoms with Crippen molar-refractivity contribution in [2.45, 2.75) is 4.90 Å². The van der Waals surface area contributed by atoms with Crippen molar-refractivity contribution in [2.24, 2.45) is 0 Å². The Hall–Kier alpha value is -1.16. The number of hydrogen-bond donors (Lipinski definition) is 0. The number of methoxy groups -OCH3 is 1. The van der Waals surface area contributed by atoms with Gasteiger partial charge in [0.2, 0.25) is 0 Å². The van der Waals surface area contributed by atoms with E-state index in [0.717, 1.165) is 16.4 Å². The van der Waals surface area contributed by atoms with Crippen LogP contribution in [0.2, 0.25) is 0 Å². The summed E-state index contributed by atoms with van der Waals surface area (Å²) in [4.78, 5) is 12.3. The van der Waals surface area contributed by atoms with Gasteiger partial charge >= 0.3 is 5.97 Å². The Labute approximate surface area is 86.4 Å². The first kappa shape index (κ1) is 9.40. The van der Waals surface area contributed by atoms with E-state index in [1.165, 1.54) is 7.11 Å². The van der Waals surface area contributed by atoms with Gasteiger partial charge < -0.3 is 9.47 Å². The van der Waals surface area contributed by atoms with Crippen molar-refractivity contribution in [3.8, 4) is 5.75 Å². The molecule has 1 heterocycles. The third-order valence-corrected chi connectivity index (χ3v) is 3.05. The van der Waals surface area contributed by atoms with Gasteiger partial charge in [0.05, 0.1) is 24.2 Å². The van der Waals surface area contributed by atoms with Gasteiger partial charge in [-0.05, 0) is 12.1 Å². The molecule has 0 aromatic heterocycles. The summed E-state index contributed by atoms with van der Waals surface area (Å²) in [5.74, 6) is 1.35. The lowest BCUT2D eigenvalue weighted by Gasteiger charge is -2.18. The van der Waals surface area contributed by atoms with Crippen LogP contribution in [0.3, 0.4) is 0 Å². The first-order valence-electron chi connectivity index (χ1n) is 4.30. The average molecular weight is 210 g/mol. The molecule has 0 saturated heterocycles. The summed E-state index contributed by atoms with van der Waals surface area (Å²) in [5, 5.41) is 0. The highest BCUT2D eigenvalue weighted by Gasteiger charge is 2.19. The van der Waals surface area contributed by atoms with Crippen LogP contribution in [-0.4, -0.2) is 25.4 Å². The Morgan fingerprint density at radius 3 is 3.21 bits per heavy atom. The van der Waals surface area contributed by atoms with E-state index in [9.17, 15) is 4.79 Å². The smallest absolute Gasteiger partial charge is 0.339 e. The van der Waals surface area contributed by atoms with E-state index in [-0.39, 0.29) is 5.97 Å². The summed E-state index contributed by atoms with van der Waals surface area (Å²) in [6, 6.07) is 5.43. The zero-order chi connectivity index (χ0) is 9.97. The highest BCUT2D eigenvalue weighted by molar-refractivity contribution is 7.99. The molecule has 0 aliphatic carbocycles. The maximum absolute atomic E-state index is 11.4. The minimum absolute atomic E-state index is 0.306. The van der Waals surface area contributed by atoms with Crippen LogP contribution in [0.25, 0.3) is 0 Å². The predicted molar refractivity (Wildman–Crippen MR) is 54.0 cm³/mol.